The first-order chi connectivity index (χ1) is 53.9. The van der Waals surface area contributed by atoms with Gasteiger partial charge in [-0.15, -0.1) is 0 Å². The van der Waals surface area contributed by atoms with Crippen molar-refractivity contribution in [1.29, 1.82) is 0 Å². The smallest absolute Gasteiger partial charge is 0.335 e. The number of aromatic nitrogens is 6. The Morgan fingerprint density at radius 2 is 0.681 bits per heavy atom. The molecule has 42 heteroatoms. The van der Waals surface area contributed by atoms with Gasteiger partial charge in [-0.1, -0.05) is 14.9 Å². The number of amides is 5. The molecule has 0 spiro atoms. The van der Waals surface area contributed by atoms with E-state index in [-0.39, 0.29) is 57.2 Å². The monoisotopic (exact) mass is 1670 g/mol. The Bertz CT molecular complexity index is 4930. The van der Waals surface area contributed by atoms with Crippen molar-refractivity contribution in [1.82, 2.24) is 56.6 Å². The lowest BCUT2D eigenvalue weighted by atomic mass is 10.1. The number of nitrogen functional groups attached to an aromatic ring is 1. The number of benzene rings is 3. The van der Waals surface area contributed by atoms with Gasteiger partial charge in [-0.2, -0.15) is 25.3 Å². The average Bonchev–Trinajstić information content (AvgIpc) is 0.822. The first-order valence-corrected chi connectivity index (χ1v) is 34.8. The summed E-state index contributed by atoms with van der Waals surface area (Å²) in [6.45, 7) is 15.8. The number of nitrogens with one attached hydrogen (secondary N) is 11. The third-order valence-corrected chi connectivity index (χ3v) is 13.9. The molecular formula is C74H88F3N19O17S3. The molecule has 5 amide bonds. The molecule has 6 heterocycles. The van der Waals surface area contributed by atoms with Crippen LogP contribution in [0.15, 0.2) is 146 Å². The molecule has 620 valence electrons. The normalized spacial score (nSPS) is 9.87. The van der Waals surface area contributed by atoms with Crippen LogP contribution in [0.4, 0.5) is 82.2 Å². The summed E-state index contributed by atoms with van der Waals surface area (Å²) in [5.41, 5.74) is 13.4. The molecule has 0 saturated heterocycles. The maximum atomic E-state index is 13.2. The number of ether oxygens (including phenoxy) is 2. The van der Waals surface area contributed by atoms with Crippen molar-refractivity contribution in [3.05, 3.63) is 214 Å². The largest absolute Gasteiger partial charge is 0.478 e. The molecule has 116 heavy (non-hydrogen) atoms. The molecule has 3 aromatic carbocycles. The van der Waals surface area contributed by atoms with E-state index in [4.69, 9.17) is 51.4 Å². The molecule has 9 rings (SSSR count). The van der Waals surface area contributed by atoms with Crippen molar-refractivity contribution >= 4 is 151 Å². The molecule has 0 aliphatic carbocycles. The minimum absolute atomic E-state index is 0. The van der Waals surface area contributed by atoms with E-state index in [2.05, 4.69) is 88.5 Å². The molecule has 36 nitrogen and oxygen atoms in total. The van der Waals surface area contributed by atoms with Crippen molar-refractivity contribution in [2.24, 2.45) is 11.6 Å². The van der Waals surface area contributed by atoms with Gasteiger partial charge in [0.15, 0.2) is 0 Å². The molecule has 0 saturated carbocycles. The summed E-state index contributed by atoms with van der Waals surface area (Å²) < 4.78 is 99.0. The van der Waals surface area contributed by atoms with E-state index in [0.29, 0.717) is 102 Å². The molecule has 0 radical (unpaired) electrons. The average molecular weight is 1670 g/mol. The van der Waals surface area contributed by atoms with Gasteiger partial charge in [0.05, 0.1) is 64.5 Å². The van der Waals surface area contributed by atoms with Crippen LogP contribution in [-0.2, 0) is 53.8 Å². The Labute approximate surface area is 675 Å². The number of carboxylic acid groups (broad SMARTS) is 1. The van der Waals surface area contributed by atoms with Gasteiger partial charge >= 0.3 is 52.6 Å². The van der Waals surface area contributed by atoms with Crippen LogP contribution in [-0.4, -0.2) is 153 Å². The summed E-state index contributed by atoms with van der Waals surface area (Å²) in [6.07, 6.45) is 7.46. The zero-order valence-electron chi connectivity index (χ0n) is 62.9. The number of rotatable bonds is 21. The van der Waals surface area contributed by atoms with Gasteiger partial charge in [0.25, 0.3) is 29.5 Å². The van der Waals surface area contributed by atoms with Crippen molar-refractivity contribution < 1.29 is 91.4 Å². The molecule has 0 unspecified atom stereocenters. The van der Waals surface area contributed by atoms with Crippen molar-refractivity contribution in [3.8, 4) is 0 Å². The lowest BCUT2D eigenvalue weighted by Crippen LogP contribution is -2.34. The van der Waals surface area contributed by atoms with Crippen LogP contribution >= 0.6 is 0 Å². The second-order valence-electron chi connectivity index (χ2n) is 24.5. The van der Waals surface area contributed by atoms with E-state index in [1.54, 1.807) is 116 Å². The lowest BCUT2D eigenvalue weighted by molar-refractivity contribution is -0.154. The van der Waals surface area contributed by atoms with Gasteiger partial charge in [-0.3, -0.25) is 39.0 Å². The zero-order valence-corrected chi connectivity index (χ0v) is 65.4. The van der Waals surface area contributed by atoms with Crippen molar-refractivity contribution in [3.63, 3.8) is 0 Å². The number of carboxylic acids is 1. The number of pyridine rings is 6. The maximum absolute atomic E-state index is 13.2. The van der Waals surface area contributed by atoms with E-state index in [0.717, 1.165) is 29.7 Å². The highest BCUT2D eigenvalue weighted by Gasteiger charge is 2.21. The molecular weight excluding hydrogens is 1580 g/mol. The predicted octanol–water partition coefficient (Wildman–Crippen LogP) is 9.23. The fraction of sp³-hybridized carbons (Fsp3) is 0.243. The number of carbonyl (C=O) groups is 8. The Morgan fingerprint density at radius 1 is 0.397 bits per heavy atom. The van der Waals surface area contributed by atoms with E-state index in [1.165, 1.54) is 88.3 Å². The van der Waals surface area contributed by atoms with Gasteiger partial charge in [0, 0.05) is 86.1 Å². The molecule has 0 aliphatic rings. The van der Waals surface area contributed by atoms with Gasteiger partial charge in [0.1, 0.15) is 70.1 Å². The third-order valence-electron chi connectivity index (χ3n) is 13.9. The number of aromatic carboxylic acids is 1. The van der Waals surface area contributed by atoms with E-state index in [9.17, 15) is 51.5 Å². The van der Waals surface area contributed by atoms with Crippen LogP contribution in [0.1, 0.15) is 135 Å². The van der Waals surface area contributed by atoms with E-state index in [1.807, 2.05) is 6.92 Å². The molecule has 9 aromatic rings. The van der Waals surface area contributed by atoms with E-state index >= 15 is 0 Å². The Hall–Kier alpha value is -13.7. The van der Waals surface area contributed by atoms with Crippen LogP contribution in [0.3, 0.4) is 0 Å². The molecule has 0 fully saturated rings. The SMILES string of the molecule is C.C.CC(C)(C)OC(=O)CN.CNC(=O)c1cnc(Nc2ccc(F)cn2)cc1Nc1ccc(C(=O)NCC(=O)OC(C)(C)C)cc1C.CNC(=O)c1cnc(Nc2ccc(F)cn2)cc1Nc1ccc(C(=O)NN)cc1C.CNC(=O)c1cnc(Nc2ccc(F)cn2)cc1Nc1ccc(C(=O)O)cc1C.O=S=O.O=S=O.O=S=O. The number of esters is 2. The minimum atomic E-state index is -1.02. The summed E-state index contributed by atoms with van der Waals surface area (Å²) in [7, 11) is 4.54. The van der Waals surface area contributed by atoms with Gasteiger partial charge in [-0.25, -0.2) is 53.7 Å². The van der Waals surface area contributed by atoms with E-state index < -0.39 is 87.1 Å². The first kappa shape index (κ1) is 100. The summed E-state index contributed by atoms with van der Waals surface area (Å²) in [5.74, 6) is 2.38. The van der Waals surface area contributed by atoms with Crippen LogP contribution in [0.5, 0.6) is 0 Å². The van der Waals surface area contributed by atoms with Crippen LogP contribution < -0.4 is 70.2 Å². The highest BCUT2D eigenvalue weighted by Crippen LogP contribution is 2.31. The van der Waals surface area contributed by atoms with Crippen LogP contribution in [0.2, 0.25) is 0 Å². The fourth-order valence-electron chi connectivity index (χ4n) is 8.93. The number of anilines is 12. The number of hydrazine groups is 1. The van der Waals surface area contributed by atoms with Gasteiger partial charge < -0.3 is 73.5 Å². The summed E-state index contributed by atoms with van der Waals surface area (Å²) in [4.78, 5) is 119. The van der Waals surface area contributed by atoms with Gasteiger partial charge in [-0.05, 0) is 170 Å². The molecule has 16 N–H and O–H groups in total. The second-order valence-corrected chi connectivity index (χ2v) is 25.0. The Balaban J connectivity index is 0.000000783. The standard InChI is InChI=1S/C26H29FN6O4.C20H20FN7O2.C20H18FN5O3.C6H13NO2.2CH4.3O2S/c1-15-10-16(24(35)31-14-23(34)37-26(2,3)4)6-8-19(15)32-20-11-22(30-13-18(20)25(36)28-5)33-21-9-7-17(27)12-29-21;1-11-7-12(19(29)28-22)3-5-15(11)26-16-8-18(25-10-14(16)20(30)23-2)27-17-6-4-13(21)9-24-17;1-11-7-12(20(28)29)3-5-15(11)25-16-8-18(24-10-14(16)19(27)22-2)26-17-6-4-13(21)9-23-17;1-6(2,3)9-5(8)4-7;;;3*1-3-2/h6-13H,14H2,1-5H3,(H,28,36)(H,31,35)(H2,29,30,32,33);3-10H,22H2,1-2H3,(H,23,30)(H,28,29)(H2,24,25,26,27);3-10H,1-2H3,(H,22,27)(H,28,29)(H2,23,24,25,26);4,7H2,1-3H3;2*1H4;;;. The number of hydrogen-bond donors (Lipinski definition) is 14. The molecule has 0 bridgehead atoms. The van der Waals surface area contributed by atoms with Crippen LogP contribution in [0.25, 0.3) is 0 Å². The molecule has 6 aromatic heterocycles. The Morgan fingerprint density at radius 3 is 0.931 bits per heavy atom. The fourth-order valence-corrected chi connectivity index (χ4v) is 8.93. The van der Waals surface area contributed by atoms with Crippen molar-refractivity contribution in [2.75, 3.05) is 66.1 Å². The number of halogens is 3. The highest BCUT2D eigenvalue weighted by molar-refractivity contribution is 7.52. The topological polar surface area (TPSA) is 539 Å². The summed E-state index contributed by atoms with van der Waals surface area (Å²) in [6, 6.07) is 27.7. The second kappa shape index (κ2) is 50.3. The Kier molecular flexibility index (Phi) is 43.5. The predicted molar refractivity (Wildman–Crippen MR) is 431 cm³/mol. The highest BCUT2D eigenvalue weighted by atomic mass is 32.1. The first-order valence-electron chi connectivity index (χ1n) is 32.8. The zero-order chi connectivity index (χ0) is 85.4. The number of hydrogen-bond acceptors (Lipinski definition) is 30. The minimum Gasteiger partial charge on any atom is -0.478 e. The molecule has 0 atom stereocenters. The summed E-state index contributed by atoms with van der Waals surface area (Å²) >= 11 is -2.25. The number of nitrogens with zero attached hydrogens (tertiary/aromatic N) is 6. The number of aryl methyl sites for hydroxylation is 3. The third kappa shape index (κ3) is 35.3. The van der Waals surface area contributed by atoms with Crippen molar-refractivity contribution in [2.45, 2.75) is 88.4 Å². The lowest BCUT2D eigenvalue weighted by Gasteiger charge is -2.19. The number of carbonyl (C=O) groups excluding carboxylic acids is 7. The maximum Gasteiger partial charge on any atom is 0.335 e. The number of nitrogens with two attached hydrogens (primary N) is 2. The quantitative estimate of drug-likeness (QED) is 0.0138. The van der Waals surface area contributed by atoms with Gasteiger partial charge in [0.2, 0.25) is 0 Å². The summed E-state index contributed by atoms with van der Waals surface area (Å²) in [5, 5.41) is 37.8. The molecule has 0 aliphatic heterocycles. The van der Waals surface area contributed by atoms with Crippen LogP contribution in [0, 0.1) is 38.2 Å².